The lowest BCUT2D eigenvalue weighted by Gasteiger charge is -2.10. The second-order valence-corrected chi connectivity index (χ2v) is 7.09. The number of rotatable bonds is 3. The Labute approximate surface area is 157 Å². The highest BCUT2D eigenvalue weighted by atomic mass is 79.9. The van der Waals surface area contributed by atoms with Gasteiger partial charge in [0.05, 0.1) is 11.6 Å². The predicted octanol–water partition coefficient (Wildman–Crippen LogP) is 6.23. The van der Waals surface area contributed by atoms with Gasteiger partial charge in [0.2, 0.25) is 0 Å². The third kappa shape index (κ3) is 3.60. The average Bonchev–Trinajstić information content (AvgIpc) is 2.88. The van der Waals surface area contributed by atoms with Gasteiger partial charge in [0.15, 0.2) is 0 Å². The third-order valence-corrected chi connectivity index (χ3v) is 4.87. The van der Waals surface area contributed by atoms with Crippen molar-refractivity contribution in [2.24, 2.45) is 0 Å². The summed E-state index contributed by atoms with van der Waals surface area (Å²) < 4.78 is 3.23. The molecule has 0 radical (unpaired) electrons. The van der Waals surface area contributed by atoms with E-state index in [1.165, 1.54) is 5.56 Å². The summed E-state index contributed by atoms with van der Waals surface area (Å²) in [5.41, 5.74) is 7.32. The first-order chi connectivity index (χ1) is 12.0. The van der Waals surface area contributed by atoms with Gasteiger partial charge in [-0.15, -0.1) is 0 Å². The number of nitrogens with zero attached hydrogens (tertiary/aromatic N) is 2. The van der Waals surface area contributed by atoms with Gasteiger partial charge in [0.25, 0.3) is 0 Å². The van der Waals surface area contributed by atoms with Crippen LogP contribution in [-0.4, -0.2) is 4.57 Å². The number of nitriles is 1. The Morgan fingerprint density at radius 2 is 1.64 bits per heavy atom. The van der Waals surface area contributed by atoms with Gasteiger partial charge in [0, 0.05) is 21.5 Å². The molecule has 2 nitrogen and oxygen atoms in total. The van der Waals surface area contributed by atoms with E-state index < -0.39 is 0 Å². The third-order valence-electron chi connectivity index (χ3n) is 4.34. The molecule has 1 heterocycles. The normalized spacial score (nSPS) is 11.4. The zero-order chi connectivity index (χ0) is 18.0. The van der Waals surface area contributed by atoms with Crippen LogP contribution in [0.4, 0.5) is 0 Å². The molecule has 0 bridgehead atoms. The molecule has 1 aromatic heterocycles. The van der Waals surface area contributed by atoms with E-state index in [1.807, 2.05) is 30.3 Å². The summed E-state index contributed by atoms with van der Waals surface area (Å²) in [6.07, 6.45) is 1.97. The lowest BCUT2D eigenvalue weighted by molar-refractivity contribution is 0.963. The van der Waals surface area contributed by atoms with Gasteiger partial charge in [-0.2, -0.15) is 5.26 Å². The van der Waals surface area contributed by atoms with Crippen LogP contribution in [0.5, 0.6) is 0 Å². The molecule has 3 heteroatoms. The number of aryl methyl sites for hydroxylation is 2. The standard InChI is InChI=1S/C22H19BrN2/c1-15-4-10-22(11-5-15)25-16(2)12-19(17(25)3)13-20(14-24)18-6-8-21(23)9-7-18/h4-13H,1-3H3. The van der Waals surface area contributed by atoms with Crippen molar-refractivity contribution in [1.29, 1.82) is 5.26 Å². The maximum Gasteiger partial charge on any atom is 0.0998 e. The molecule has 124 valence electrons. The second kappa shape index (κ2) is 7.13. The van der Waals surface area contributed by atoms with Crippen LogP contribution in [0.1, 0.15) is 28.1 Å². The number of benzene rings is 2. The number of hydrogen-bond acceptors (Lipinski definition) is 1. The molecule has 0 aliphatic rings. The Kier molecular flexibility index (Phi) is 4.92. The van der Waals surface area contributed by atoms with Crippen LogP contribution in [0.15, 0.2) is 59.1 Å². The van der Waals surface area contributed by atoms with E-state index in [4.69, 9.17) is 0 Å². The van der Waals surface area contributed by atoms with E-state index in [2.05, 4.69) is 77.7 Å². The van der Waals surface area contributed by atoms with E-state index in [0.29, 0.717) is 5.57 Å². The highest BCUT2D eigenvalue weighted by Gasteiger charge is 2.11. The van der Waals surface area contributed by atoms with Crippen molar-refractivity contribution in [2.45, 2.75) is 20.8 Å². The van der Waals surface area contributed by atoms with Gasteiger partial charge in [-0.3, -0.25) is 0 Å². The van der Waals surface area contributed by atoms with Crippen molar-refractivity contribution >= 4 is 27.6 Å². The Bertz CT molecular complexity index is 969. The molecule has 0 saturated carbocycles. The largest absolute Gasteiger partial charge is 0.318 e. The first-order valence-electron chi connectivity index (χ1n) is 8.13. The molecule has 0 N–H and O–H groups in total. The van der Waals surface area contributed by atoms with Crippen LogP contribution in [0, 0.1) is 32.1 Å². The maximum absolute atomic E-state index is 9.59. The monoisotopic (exact) mass is 390 g/mol. The fourth-order valence-electron chi connectivity index (χ4n) is 2.99. The molecule has 3 aromatic rings. The second-order valence-electron chi connectivity index (χ2n) is 6.17. The molecular weight excluding hydrogens is 372 g/mol. The SMILES string of the molecule is Cc1ccc(-n2c(C)cc(C=C(C#N)c3ccc(Br)cc3)c2C)cc1. The van der Waals surface area contributed by atoms with Gasteiger partial charge >= 0.3 is 0 Å². The number of hydrogen-bond donors (Lipinski definition) is 0. The van der Waals surface area contributed by atoms with E-state index in [9.17, 15) is 5.26 Å². The topological polar surface area (TPSA) is 28.7 Å². The molecule has 2 aromatic carbocycles. The molecule has 0 saturated heterocycles. The van der Waals surface area contributed by atoms with Crippen molar-refractivity contribution in [2.75, 3.05) is 0 Å². The minimum atomic E-state index is 0.664. The molecule has 0 unspecified atom stereocenters. The van der Waals surface area contributed by atoms with Gasteiger partial charge in [-0.05, 0) is 68.3 Å². The average molecular weight is 391 g/mol. The minimum absolute atomic E-state index is 0.664. The molecule has 0 aliphatic heterocycles. The van der Waals surface area contributed by atoms with Gasteiger partial charge in [-0.25, -0.2) is 0 Å². The number of aromatic nitrogens is 1. The van der Waals surface area contributed by atoms with E-state index >= 15 is 0 Å². The van der Waals surface area contributed by atoms with Gasteiger partial charge in [-0.1, -0.05) is 45.8 Å². The van der Waals surface area contributed by atoms with E-state index in [1.54, 1.807) is 0 Å². The first kappa shape index (κ1) is 17.3. The summed E-state index contributed by atoms with van der Waals surface area (Å²) in [6, 6.07) is 20.8. The molecule has 3 rings (SSSR count). The van der Waals surface area contributed by atoms with Crippen molar-refractivity contribution in [3.63, 3.8) is 0 Å². The fourth-order valence-corrected chi connectivity index (χ4v) is 3.25. The Morgan fingerprint density at radius 1 is 1.00 bits per heavy atom. The van der Waals surface area contributed by atoms with Gasteiger partial charge < -0.3 is 4.57 Å². The Balaban J connectivity index is 2.06. The van der Waals surface area contributed by atoms with Crippen LogP contribution >= 0.6 is 15.9 Å². The maximum atomic E-state index is 9.59. The lowest BCUT2D eigenvalue weighted by atomic mass is 10.0. The molecule has 0 fully saturated rings. The summed E-state index contributed by atoms with van der Waals surface area (Å²) in [5, 5.41) is 9.59. The zero-order valence-electron chi connectivity index (χ0n) is 14.5. The van der Waals surface area contributed by atoms with Crippen molar-refractivity contribution < 1.29 is 0 Å². The number of allylic oxidation sites excluding steroid dienone is 1. The quantitative estimate of drug-likeness (QED) is 0.487. The molecular formula is C22H19BrN2. The summed E-state index contributed by atoms with van der Waals surface area (Å²) >= 11 is 3.43. The lowest BCUT2D eigenvalue weighted by Crippen LogP contribution is -1.98. The summed E-state index contributed by atoms with van der Waals surface area (Å²) in [4.78, 5) is 0. The molecule has 0 atom stereocenters. The van der Waals surface area contributed by atoms with Gasteiger partial charge in [0.1, 0.15) is 0 Å². The Morgan fingerprint density at radius 3 is 2.24 bits per heavy atom. The zero-order valence-corrected chi connectivity index (χ0v) is 16.1. The van der Waals surface area contributed by atoms with Crippen LogP contribution in [0.25, 0.3) is 17.3 Å². The van der Waals surface area contributed by atoms with Crippen LogP contribution in [-0.2, 0) is 0 Å². The summed E-state index contributed by atoms with van der Waals surface area (Å²) in [7, 11) is 0. The first-order valence-corrected chi connectivity index (χ1v) is 8.92. The number of halogens is 1. The fraction of sp³-hybridized carbons (Fsp3) is 0.136. The summed E-state index contributed by atoms with van der Waals surface area (Å²) in [6.45, 7) is 6.27. The van der Waals surface area contributed by atoms with E-state index in [0.717, 1.165) is 32.7 Å². The minimum Gasteiger partial charge on any atom is -0.318 e. The summed E-state index contributed by atoms with van der Waals surface area (Å²) in [5.74, 6) is 0. The van der Waals surface area contributed by atoms with E-state index in [-0.39, 0.29) is 0 Å². The van der Waals surface area contributed by atoms with Crippen LogP contribution in [0.3, 0.4) is 0 Å². The molecule has 0 amide bonds. The van der Waals surface area contributed by atoms with Crippen LogP contribution in [0.2, 0.25) is 0 Å². The highest BCUT2D eigenvalue weighted by Crippen LogP contribution is 2.26. The highest BCUT2D eigenvalue weighted by molar-refractivity contribution is 9.10. The predicted molar refractivity (Wildman–Crippen MR) is 108 cm³/mol. The molecule has 25 heavy (non-hydrogen) atoms. The smallest absolute Gasteiger partial charge is 0.0998 e. The molecule has 0 spiro atoms. The van der Waals surface area contributed by atoms with Crippen molar-refractivity contribution in [1.82, 2.24) is 4.57 Å². The Hall–Kier alpha value is -2.57. The van der Waals surface area contributed by atoms with Crippen molar-refractivity contribution in [3.05, 3.63) is 87.1 Å². The molecule has 0 aliphatic carbocycles. The van der Waals surface area contributed by atoms with Crippen LogP contribution < -0.4 is 0 Å². The van der Waals surface area contributed by atoms with Crippen molar-refractivity contribution in [3.8, 4) is 11.8 Å².